The summed E-state index contributed by atoms with van der Waals surface area (Å²) in [6, 6.07) is 8.87. The molecule has 0 radical (unpaired) electrons. The number of aromatic nitrogens is 1. The van der Waals surface area contributed by atoms with Crippen molar-refractivity contribution in [2.75, 3.05) is 34.4 Å². The number of benzene rings is 2. The van der Waals surface area contributed by atoms with E-state index in [0.717, 1.165) is 63.8 Å². The number of aromatic amines is 1. The lowest BCUT2D eigenvalue weighted by atomic mass is 9.62. The van der Waals surface area contributed by atoms with Crippen LogP contribution in [-0.4, -0.2) is 49.3 Å². The number of methoxy groups -OCH3 is 2. The molecule has 1 fully saturated rings. The minimum absolute atomic E-state index is 0.00570. The van der Waals surface area contributed by atoms with Gasteiger partial charge < -0.3 is 24.9 Å². The topological polar surface area (TPSA) is 69.8 Å². The van der Waals surface area contributed by atoms with E-state index in [1.54, 1.807) is 14.2 Å². The summed E-state index contributed by atoms with van der Waals surface area (Å²) in [6.45, 7) is 2.06. The fourth-order valence-corrected chi connectivity index (χ4v) is 7.97. The average molecular weight is 474 g/mol. The lowest BCUT2D eigenvalue weighted by Gasteiger charge is -2.48. The van der Waals surface area contributed by atoms with Crippen LogP contribution in [0.15, 0.2) is 24.3 Å². The molecular formula is C29H35N3O3. The van der Waals surface area contributed by atoms with Gasteiger partial charge in [-0.3, -0.25) is 4.90 Å². The van der Waals surface area contributed by atoms with Crippen molar-refractivity contribution < 1.29 is 14.6 Å². The summed E-state index contributed by atoms with van der Waals surface area (Å²) in [5.74, 6) is 1.94. The SMILES string of the molecule is COc1ccc2[nH]c3c(c2c1)CCNC31CCC2(CC1)C[C@@H]1c3c(cc(OC)c(O)c32)CCN1C. The lowest BCUT2D eigenvalue weighted by Crippen LogP contribution is -2.51. The molecule has 0 amide bonds. The third-order valence-corrected chi connectivity index (χ3v) is 9.82. The van der Waals surface area contributed by atoms with Crippen LogP contribution >= 0.6 is 0 Å². The highest BCUT2D eigenvalue weighted by molar-refractivity contribution is 5.87. The van der Waals surface area contributed by atoms with Gasteiger partial charge in [-0.05, 0) is 92.9 Å². The minimum atomic E-state index is -0.0350. The molecule has 0 unspecified atom stereocenters. The Hall–Kier alpha value is -2.70. The van der Waals surface area contributed by atoms with Crippen molar-refractivity contribution in [2.24, 2.45) is 0 Å². The van der Waals surface area contributed by atoms with Gasteiger partial charge in [-0.2, -0.15) is 0 Å². The van der Waals surface area contributed by atoms with Gasteiger partial charge in [0.05, 0.1) is 19.8 Å². The monoisotopic (exact) mass is 473 g/mol. The quantitative estimate of drug-likeness (QED) is 0.504. The van der Waals surface area contributed by atoms with Crippen LogP contribution < -0.4 is 14.8 Å². The molecule has 2 spiro atoms. The van der Waals surface area contributed by atoms with Crippen LogP contribution in [0.25, 0.3) is 10.9 Å². The highest BCUT2D eigenvalue weighted by Crippen LogP contribution is 2.62. The van der Waals surface area contributed by atoms with E-state index in [-0.39, 0.29) is 11.0 Å². The van der Waals surface area contributed by atoms with Gasteiger partial charge >= 0.3 is 0 Å². The molecule has 184 valence electrons. The zero-order chi connectivity index (χ0) is 23.9. The van der Waals surface area contributed by atoms with Gasteiger partial charge in [-0.15, -0.1) is 0 Å². The summed E-state index contributed by atoms with van der Waals surface area (Å²) in [5, 5.41) is 16.6. The normalized spacial score (nSPS) is 29.5. The van der Waals surface area contributed by atoms with Crippen molar-refractivity contribution in [3.8, 4) is 17.2 Å². The zero-order valence-electron chi connectivity index (χ0n) is 21.0. The maximum absolute atomic E-state index is 11.4. The number of H-pyrrole nitrogens is 1. The summed E-state index contributed by atoms with van der Waals surface area (Å²) in [4.78, 5) is 6.31. The van der Waals surface area contributed by atoms with Gasteiger partial charge in [0.25, 0.3) is 0 Å². The molecule has 6 heteroatoms. The van der Waals surface area contributed by atoms with Crippen molar-refractivity contribution in [1.82, 2.24) is 15.2 Å². The first kappa shape index (κ1) is 21.6. The van der Waals surface area contributed by atoms with E-state index in [4.69, 9.17) is 9.47 Å². The number of likely N-dealkylation sites (N-methyl/N-ethyl adjacent to an activating group) is 1. The minimum Gasteiger partial charge on any atom is -0.504 e. The molecule has 1 atom stereocenters. The maximum atomic E-state index is 11.4. The first-order valence-electron chi connectivity index (χ1n) is 13.1. The van der Waals surface area contributed by atoms with Crippen LogP contribution in [0.5, 0.6) is 17.2 Å². The van der Waals surface area contributed by atoms with Gasteiger partial charge in [0.15, 0.2) is 11.5 Å². The first-order valence-corrected chi connectivity index (χ1v) is 13.1. The summed E-state index contributed by atoms with van der Waals surface area (Å²) in [6.07, 6.45) is 7.41. The second kappa shape index (κ2) is 7.40. The predicted molar refractivity (Wildman–Crippen MR) is 137 cm³/mol. The van der Waals surface area contributed by atoms with Crippen molar-refractivity contribution in [1.29, 1.82) is 0 Å². The number of nitrogens with zero attached hydrogens (tertiary/aromatic N) is 1. The Labute approximate surface area is 206 Å². The highest BCUT2D eigenvalue weighted by Gasteiger charge is 2.54. The highest BCUT2D eigenvalue weighted by atomic mass is 16.5. The molecule has 4 aliphatic rings. The molecule has 2 aliphatic carbocycles. The smallest absolute Gasteiger partial charge is 0.161 e. The van der Waals surface area contributed by atoms with E-state index in [1.807, 2.05) is 6.07 Å². The van der Waals surface area contributed by atoms with E-state index in [1.165, 1.54) is 38.9 Å². The number of rotatable bonds is 2. The van der Waals surface area contributed by atoms with E-state index in [2.05, 4.69) is 40.4 Å². The van der Waals surface area contributed by atoms with Crippen molar-refractivity contribution in [2.45, 2.75) is 61.9 Å². The Morgan fingerprint density at radius 3 is 2.66 bits per heavy atom. The Morgan fingerprint density at radius 1 is 1.06 bits per heavy atom. The molecule has 3 heterocycles. The lowest BCUT2D eigenvalue weighted by molar-refractivity contribution is 0.126. The number of fused-ring (bicyclic) bond motifs is 5. The maximum Gasteiger partial charge on any atom is 0.161 e. The van der Waals surface area contributed by atoms with Gasteiger partial charge in [-0.25, -0.2) is 0 Å². The van der Waals surface area contributed by atoms with E-state index in [9.17, 15) is 5.11 Å². The Balaban J connectivity index is 1.29. The van der Waals surface area contributed by atoms with Crippen molar-refractivity contribution in [3.63, 3.8) is 0 Å². The van der Waals surface area contributed by atoms with Crippen LogP contribution in [0.4, 0.5) is 0 Å². The summed E-state index contributed by atoms with van der Waals surface area (Å²) < 4.78 is 11.2. The second-order valence-electron chi connectivity index (χ2n) is 11.3. The summed E-state index contributed by atoms with van der Waals surface area (Å²) in [7, 11) is 5.66. The standard InChI is InChI=1S/C29H35N3O3/c1-32-13-7-17-14-23(35-3)26(33)25-24(17)22(32)16-28(25)8-10-29(11-9-28)27-19(6-12-30-29)20-15-18(34-2)4-5-21(20)31-27/h4-5,14-15,22,30-31,33H,6-13,16H2,1-3H3/t22-,28?,29?/m1/s1. The molecule has 3 aromatic rings. The number of hydrogen-bond acceptors (Lipinski definition) is 5. The zero-order valence-corrected chi connectivity index (χ0v) is 21.0. The fourth-order valence-electron chi connectivity index (χ4n) is 7.97. The number of aromatic hydroxyl groups is 1. The molecule has 0 bridgehead atoms. The number of ether oxygens (including phenoxy) is 2. The Bertz CT molecular complexity index is 1330. The van der Waals surface area contributed by atoms with Gasteiger partial charge in [0.1, 0.15) is 5.75 Å². The largest absolute Gasteiger partial charge is 0.504 e. The van der Waals surface area contributed by atoms with Gasteiger partial charge in [-0.1, -0.05) is 0 Å². The van der Waals surface area contributed by atoms with Crippen molar-refractivity contribution >= 4 is 10.9 Å². The number of nitrogens with one attached hydrogen (secondary N) is 2. The van der Waals surface area contributed by atoms with Crippen LogP contribution in [0.2, 0.25) is 0 Å². The molecule has 6 nitrogen and oxygen atoms in total. The van der Waals surface area contributed by atoms with Crippen LogP contribution in [0, 0.1) is 0 Å². The molecule has 1 aromatic heterocycles. The third kappa shape index (κ3) is 2.84. The molecule has 2 aliphatic heterocycles. The Morgan fingerprint density at radius 2 is 1.89 bits per heavy atom. The molecular weight excluding hydrogens is 438 g/mol. The Kier molecular flexibility index (Phi) is 4.56. The van der Waals surface area contributed by atoms with Crippen molar-refractivity contribution in [3.05, 3.63) is 52.2 Å². The molecule has 1 saturated carbocycles. The molecule has 3 N–H and O–H groups in total. The first-order chi connectivity index (χ1) is 17.0. The third-order valence-electron chi connectivity index (χ3n) is 9.82. The van der Waals surface area contributed by atoms with E-state index >= 15 is 0 Å². The number of phenolic OH excluding ortho intramolecular Hbond substituents is 1. The number of phenols is 1. The number of hydrogen-bond donors (Lipinski definition) is 3. The van der Waals surface area contributed by atoms with E-state index in [0.29, 0.717) is 17.5 Å². The van der Waals surface area contributed by atoms with Crippen LogP contribution in [-0.2, 0) is 23.8 Å². The fraction of sp³-hybridized carbons (Fsp3) is 0.517. The average Bonchev–Trinajstić information content (AvgIpc) is 3.43. The summed E-state index contributed by atoms with van der Waals surface area (Å²) in [5.41, 5.74) is 7.94. The molecule has 35 heavy (non-hydrogen) atoms. The predicted octanol–water partition coefficient (Wildman–Crippen LogP) is 4.68. The van der Waals surface area contributed by atoms with E-state index < -0.39 is 0 Å². The van der Waals surface area contributed by atoms with Crippen LogP contribution in [0.1, 0.15) is 66.1 Å². The molecule has 0 saturated heterocycles. The van der Waals surface area contributed by atoms with Gasteiger partial charge in [0.2, 0.25) is 0 Å². The summed E-state index contributed by atoms with van der Waals surface area (Å²) >= 11 is 0. The molecule has 2 aromatic carbocycles. The van der Waals surface area contributed by atoms with Crippen LogP contribution in [0.3, 0.4) is 0 Å². The second-order valence-corrected chi connectivity index (χ2v) is 11.3. The van der Waals surface area contributed by atoms with Gasteiger partial charge in [0, 0.05) is 46.7 Å². The molecule has 7 rings (SSSR count).